The first-order chi connectivity index (χ1) is 23.0. The number of hydrogen-bond donors (Lipinski definition) is 1. The van der Waals surface area contributed by atoms with E-state index in [1.54, 1.807) is 60.4 Å². The van der Waals surface area contributed by atoms with Crippen molar-refractivity contribution in [3.8, 4) is 6.07 Å². The predicted octanol–water partition coefficient (Wildman–Crippen LogP) is 7.20. The van der Waals surface area contributed by atoms with Crippen molar-refractivity contribution in [1.29, 1.82) is 5.26 Å². The van der Waals surface area contributed by atoms with Crippen LogP contribution in [0.3, 0.4) is 0 Å². The Balaban J connectivity index is 1.62. The van der Waals surface area contributed by atoms with Gasteiger partial charge in [-0.1, -0.05) is 67.1 Å². The second-order valence-electron chi connectivity index (χ2n) is 10.8. The molecule has 3 aromatic carbocycles. The number of nitriles is 1. The van der Waals surface area contributed by atoms with Gasteiger partial charge in [-0.05, 0) is 66.1 Å². The highest BCUT2D eigenvalue weighted by molar-refractivity contribution is 6.30. The van der Waals surface area contributed by atoms with Gasteiger partial charge in [0.05, 0.1) is 18.2 Å². The first-order valence-corrected chi connectivity index (χ1v) is 15.2. The molecular weight excluding hydrogens is 645 g/mol. The molecule has 0 fully saturated rings. The average Bonchev–Trinajstić information content (AvgIpc) is 3.08. The van der Waals surface area contributed by atoms with E-state index in [9.17, 15) is 28.0 Å². The molecular formula is C35H30ClF3N6O3. The standard InChI is InChI=1S/C35H30ClF3N6O3/c1-3-32(46)45(48-22-25-7-5-4-6-8-25)42-31-21-43(20-27-13-18-30(35(37,38)39)41-23(27)2)34(47)33(26-11-9-24(19-40)10-12-26)44(31)29-16-14-28(36)15-17-29/h4-18,21,33,42H,3,20,22H2,1-2H3/t33-/m0/s1. The first kappa shape index (κ1) is 34.0. The fraction of sp³-hybridized carbons (Fsp3) is 0.200. The summed E-state index contributed by atoms with van der Waals surface area (Å²) < 4.78 is 40.1. The number of pyridine rings is 1. The molecule has 1 aromatic heterocycles. The van der Waals surface area contributed by atoms with Gasteiger partial charge in [-0.3, -0.25) is 15.0 Å². The molecule has 2 amide bonds. The lowest BCUT2D eigenvalue weighted by atomic mass is 9.99. The summed E-state index contributed by atoms with van der Waals surface area (Å²) >= 11 is 6.21. The second kappa shape index (κ2) is 14.6. The Labute approximate surface area is 280 Å². The number of amides is 2. The molecule has 1 aliphatic heterocycles. The molecule has 0 aliphatic carbocycles. The van der Waals surface area contributed by atoms with E-state index in [0.717, 1.165) is 16.8 Å². The lowest BCUT2D eigenvalue weighted by Crippen LogP contribution is -2.53. The molecule has 1 N–H and O–H groups in total. The van der Waals surface area contributed by atoms with E-state index in [2.05, 4.69) is 16.5 Å². The summed E-state index contributed by atoms with van der Waals surface area (Å²) in [7, 11) is 0. The van der Waals surface area contributed by atoms with E-state index in [1.807, 2.05) is 30.3 Å². The van der Waals surface area contributed by atoms with Gasteiger partial charge >= 0.3 is 6.18 Å². The number of hydroxylamine groups is 1. The molecule has 9 nitrogen and oxygen atoms in total. The van der Waals surface area contributed by atoms with Crippen molar-refractivity contribution in [1.82, 2.24) is 20.5 Å². The highest BCUT2D eigenvalue weighted by Gasteiger charge is 2.39. The topological polar surface area (TPSA) is 102 Å². The van der Waals surface area contributed by atoms with E-state index in [1.165, 1.54) is 24.1 Å². The highest BCUT2D eigenvalue weighted by Crippen LogP contribution is 2.37. The zero-order chi connectivity index (χ0) is 34.4. The van der Waals surface area contributed by atoms with E-state index < -0.39 is 29.7 Å². The third-order valence-corrected chi connectivity index (χ3v) is 7.80. The lowest BCUT2D eigenvalue weighted by Gasteiger charge is -2.42. The third kappa shape index (κ3) is 7.76. The maximum atomic E-state index is 14.4. The smallest absolute Gasteiger partial charge is 0.309 e. The number of nitrogens with zero attached hydrogens (tertiary/aromatic N) is 5. The molecule has 0 bridgehead atoms. The SMILES string of the molecule is CCC(=O)N(NC1=CN(Cc2ccc(C(F)(F)F)nc2C)C(=O)[C@H](c2ccc(C#N)cc2)N1c1ccc(Cl)cc1)OCc1ccccc1. The number of carbonyl (C=O) groups excluding carboxylic acids is 2. The summed E-state index contributed by atoms with van der Waals surface area (Å²) in [5, 5.41) is 10.9. The van der Waals surface area contributed by atoms with Gasteiger partial charge in [0.1, 0.15) is 24.2 Å². The Morgan fingerprint density at radius 2 is 1.73 bits per heavy atom. The Hall–Kier alpha value is -5.38. The molecule has 246 valence electrons. The summed E-state index contributed by atoms with van der Waals surface area (Å²) in [6.45, 7) is 3.03. The van der Waals surface area contributed by atoms with Crippen LogP contribution in [0.4, 0.5) is 18.9 Å². The number of aromatic nitrogens is 1. The number of halogens is 4. The molecule has 13 heteroatoms. The van der Waals surface area contributed by atoms with Crippen LogP contribution in [0, 0.1) is 18.3 Å². The van der Waals surface area contributed by atoms with Gasteiger partial charge in [-0.15, -0.1) is 5.17 Å². The van der Waals surface area contributed by atoms with Crippen LogP contribution < -0.4 is 10.3 Å². The summed E-state index contributed by atoms with van der Waals surface area (Å²) in [6.07, 6.45) is -3.08. The van der Waals surface area contributed by atoms with Crippen LogP contribution in [0.25, 0.3) is 0 Å². The van der Waals surface area contributed by atoms with Gasteiger partial charge in [0.25, 0.3) is 11.8 Å². The van der Waals surface area contributed by atoms with Crippen LogP contribution in [0.1, 0.15) is 53.0 Å². The van der Waals surface area contributed by atoms with Gasteiger partial charge in [-0.25, -0.2) is 9.82 Å². The fourth-order valence-electron chi connectivity index (χ4n) is 5.03. The third-order valence-electron chi connectivity index (χ3n) is 7.55. The number of aryl methyl sites for hydroxylation is 1. The zero-order valence-electron chi connectivity index (χ0n) is 25.9. The number of rotatable bonds is 10. The van der Waals surface area contributed by atoms with Crippen LogP contribution >= 0.6 is 11.6 Å². The minimum Gasteiger partial charge on any atom is -0.309 e. The van der Waals surface area contributed by atoms with Crippen molar-refractivity contribution in [2.45, 2.75) is 45.6 Å². The van der Waals surface area contributed by atoms with Crippen molar-refractivity contribution in [2.24, 2.45) is 0 Å². The minimum atomic E-state index is -4.63. The van der Waals surface area contributed by atoms with Crippen LogP contribution in [-0.4, -0.2) is 26.9 Å². The maximum Gasteiger partial charge on any atom is 0.433 e. The van der Waals surface area contributed by atoms with Gasteiger partial charge in [0, 0.05) is 29.0 Å². The molecule has 0 unspecified atom stereocenters. The molecule has 5 rings (SSSR count). The van der Waals surface area contributed by atoms with Gasteiger partial charge in [-0.2, -0.15) is 18.4 Å². The lowest BCUT2D eigenvalue weighted by molar-refractivity contribution is -0.208. The predicted molar refractivity (Wildman–Crippen MR) is 172 cm³/mol. The quantitative estimate of drug-likeness (QED) is 0.178. The zero-order valence-corrected chi connectivity index (χ0v) is 26.7. The summed E-state index contributed by atoms with van der Waals surface area (Å²) in [5.41, 5.74) is 4.71. The van der Waals surface area contributed by atoms with Gasteiger partial charge < -0.3 is 9.80 Å². The van der Waals surface area contributed by atoms with E-state index in [-0.39, 0.29) is 31.1 Å². The maximum absolute atomic E-state index is 14.4. The van der Waals surface area contributed by atoms with Crippen LogP contribution in [-0.2, 0) is 33.8 Å². The number of anilines is 1. The number of carbonyl (C=O) groups is 2. The molecule has 2 heterocycles. The van der Waals surface area contributed by atoms with Gasteiger partial charge in [0.15, 0.2) is 0 Å². The van der Waals surface area contributed by atoms with Crippen LogP contribution in [0.15, 0.2) is 103 Å². The van der Waals surface area contributed by atoms with Crippen molar-refractivity contribution >= 4 is 29.1 Å². The molecule has 48 heavy (non-hydrogen) atoms. The molecule has 4 aromatic rings. The summed E-state index contributed by atoms with van der Waals surface area (Å²) in [4.78, 5) is 40.3. The first-order valence-electron chi connectivity index (χ1n) is 14.9. The Morgan fingerprint density at radius 1 is 1.04 bits per heavy atom. The number of hydrazine groups is 1. The summed E-state index contributed by atoms with van der Waals surface area (Å²) in [5.74, 6) is -0.610. The highest BCUT2D eigenvalue weighted by atomic mass is 35.5. The average molecular weight is 675 g/mol. The molecule has 0 radical (unpaired) electrons. The number of benzene rings is 3. The molecule has 0 saturated carbocycles. The minimum absolute atomic E-state index is 0.0475. The second-order valence-corrected chi connectivity index (χ2v) is 11.3. The summed E-state index contributed by atoms with van der Waals surface area (Å²) in [6, 6.07) is 25.6. The molecule has 0 saturated heterocycles. The van der Waals surface area contributed by atoms with Crippen molar-refractivity contribution in [3.05, 3.63) is 142 Å². The van der Waals surface area contributed by atoms with Crippen molar-refractivity contribution in [3.63, 3.8) is 0 Å². The molecule has 1 atom stereocenters. The van der Waals surface area contributed by atoms with E-state index in [0.29, 0.717) is 27.4 Å². The largest absolute Gasteiger partial charge is 0.433 e. The van der Waals surface area contributed by atoms with Crippen molar-refractivity contribution < 1.29 is 27.6 Å². The van der Waals surface area contributed by atoms with Gasteiger partial charge in [0.2, 0.25) is 0 Å². The monoisotopic (exact) mass is 674 g/mol. The fourth-order valence-corrected chi connectivity index (χ4v) is 5.16. The van der Waals surface area contributed by atoms with Crippen LogP contribution in [0.2, 0.25) is 5.02 Å². The molecule has 1 aliphatic rings. The van der Waals surface area contributed by atoms with E-state index >= 15 is 0 Å². The number of hydrogen-bond acceptors (Lipinski definition) is 7. The normalized spacial score (nSPS) is 14.7. The Morgan fingerprint density at radius 3 is 2.33 bits per heavy atom. The Kier molecular flexibility index (Phi) is 10.3. The molecule has 0 spiro atoms. The Bertz CT molecular complexity index is 1850. The number of alkyl halides is 3. The van der Waals surface area contributed by atoms with Crippen LogP contribution in [0.5, 0.6) is 0 Å². The van der Waals surface area contributed by atoms with Crippen molar-refractivity contribution in [2.75, 3.05) is 4.90 Å². The number of nitrogens with one attached hydrogen (secondary N) is 1. The van der Waals surface area contributed by atoms with E-state index in [4.69, 9.17) is 16.4 Å².